The number of hydrogen-bond donors (Lipinski definition) is 3. The lowest BCUT2D eigenvalue weighted by Crippen LogP contribution is -2.55. The zero-order chi connectivity index (χ0) is 24.9. The van der Waals surface area contributed by atoms with Crippen LogP contribution >= 0.6 is 11.6 Å². The summed E-state index contributed by atoms with van der Waals surface area (Å²) in [6, 6.07) is 1.08. The lowest BCUT2D eigenvalue weighted by atomic mass is 9.98. The Bertz CT molecular complexity index is 970. The van der Waals surface area contributed by atoms with Crippen LogP contribution in [-0.2, 0) is 14.3 Å². The number of amides is 1. The van der Waals surface area contributed by atoms with E-state index in [0.717, 1.165) is 44.7 Å². The van der Waals surface area contributed by atoms with Crippen molar-refractivity contribution >= 4 is 29.3 Å². The molecule has 1 aromatic rings. The number of H-pyrrole nitrogens is 1. The number of nitrogens with zero attached hydrogens (tertiary/aromatic N) is 1. The molecule has 10 heteroatoms. The molecule has 4 rings (SSSR count). The largest absolute Gasteiger partial charge is 0.462 e. The zero-order valence-electron chi connectivity index (χ0n) is 20.4. The van der Waals surface area contributed by atoms with E-state index in [4.69, 9.17) is 26.8 Å². The summed E-state index contributed by atoms with van der Waals surface area (Å²) in [4.78, 5) is 41.6. The number of ether oxygens (including phenoxy) is 2. The van der Waals surface area contributed by atoms with Gasteiger partial charge in [-0.15, -0.1) is 0 Å². The number of nitrogens with two attached hydrogens (primary N) is 1. The number of hydrogen-bond acceptors (Lipinski definition) is 7. The van der Waals surface area contributed by atoms with Crippen molar-refractivity contribution in [3.8, 4) is 0 Å². The van der Waals surface area contributed by atoms with E-state index in [9.17, 15) is 14.4 Å². The van der Waals surface area contributed by atoms with Gasteiger partial charge in [0.05, 0.1) is 17.2 Å². The minimum atomic E-state index is -0.574. The summed E-state index contributed by atoms with van der Waals surface area (Å²) in [6.45, 7) is 2.41. The van der Waals surface area contributed by atoms with Crippen molar-refractivity contribution in [1.29, 1.82) is 0 Å². The molecule has 2 saturated carbocycles. The maximum absolute atomic E-state index is 12.6. The molecule has 3 aliphatic rings. The van der Waals surface area contributed by atoms with Gasteiger partial charge in [0.25, 0.3) is 11.5 Å². The lowest BCUT2D eigenvalue weighted by molar-refractivity contribution is -0.151. The van der Waals surface area contributed by atoms with E-state index in [0.29, 0.717) is 25.3 Å². The smallest absolute Gasteiger partial charge is 0.306 e. The molecule has 0 radical (unpaired) electrons. The lowest BCUT2D eigenvalue weighted by Gasteiger charge is -2.38. The Hall–Kier alpha value is -2.10. The highest BCUT2D eigenvalue weighted by Crippen LogP contribution is 2.45. The van der Waals surface area contributed by atoms with E-state index >= 15 is 0 Å². The predicted molar refractivity (Wildman–Crippen MR) is 133 cm³/mol. The predicted octanol–water partition coefficient (Wildman–Crippen LogP) is 2.72. The summed E-state index contributed by atoms with van der Waals surface area (Å²) in [7, 11) is 1.63. The third kappa shape index (κ3) is 6.57. The number of halogens is 1. The molecule has 35 heavy (non-hydrogen) atoms. The number of aromatic amines is 1. The van der Waals surface area contributed by atoms with Crippen LogP contribution in [0.3, 0.4) is 0 Å². The summed E-state index contributed by atoms with van der Waals surface area (Å²) in [5.74, 6) is 0.889. The van der Waals surface area contributed by atoms with Crippen LogP contribution < -0.4 is 16.6 Å². The first-order valence-corrected chi connectivity index (χ1v) is 13.2. The number of carbonyl (C=O) groups is 2. The number of unbranched alkanes of at least 4 members (excludes halogenated alkanes) is 2. The fourth-order valence-corrected chi connectivity index (χ4v) is 6.02. The highest BCUT2D eigenvalue weighted by Gasteiger charge is 2.41. The minimum absolute atomic E-state index is 0.0359. The Labute approximate surface area is 211 Å². The molecule has 3 fully saturated rings. The third-order valence-corrected chi connectivity index (χ3v) is 8.15. The van der Waals surface area contributed by atoms with Gasteiger partial charge >= 0.3 is 5.97 Å². The van der Waals surface area contributed by atoms with Crippen molar-refractivity contribution in [2.45, 2.75) is 76.0 Å². The second-order valence-corrected chi connectivity index (χ2v) is 10.6. The summed E-state index contributed by atoms with van der Waals surface area (Å²) in [6.07, 6.45) is 8.85. The fraction of sp³-hybridized carbons (Fsp3) is 0.720. The Kier molecular flexibility index (Phi) is 8.73. The maximum Gasteiger partial charge on any atom is 0.306 e. The van der Waals surface area contributed by atoms with Gasteiger partial charge in [0, 0.05) is 26.6 Å². The van der Waals surface area contributed by atoms with E-state index in [1.807, 2.05) is 0 Å². The van der Waals surface area contributed by atoms with E-state index in [1.54, 1.807) is 7.11 Å². The molecule has 2 aliphatic carbocycles. The number of pyridine rings is 1. The normalized spacial score (nSPS) is 28.2. The summed E-state index contributed by atoms with van der Waals surface area (Å²) in [5, 5.41) is 3.04. The quantitative estimate of drug-likeness (QED) is 0.327. The van der Waals surface area contributed by atoms with E-state index < -0.39 is 11.5 Å². The first kappa shape index (κ1) is 26.0. The number of fused-ring (bicyclic) bond motifs is 2. The van der Waals surface area contributed by atoms with Crippen LogP contribution in [0, 0.1) is 11.8 Å². The number of rotatable bonds is 10. The Morgan fingerprint density at radius 3 is 2.74 bits per heavy atom. The standard InChI is InChI=1S/C25H37ClN4O5/c1-34-21-14-30(9-4-2-3-5-22(31)35-20-12-15-6-7-16(20)11-15)10-8-19(21)28-24(32)17-13-18(26)23(27)29-25(17)33/h13,15-16,19-21H,2-12,14H2,1H3,(H,28,32)(H3,27,29,33)/t15?,16?,19-,20?,21+/m1/s1. The molecule has 4 N–H and O–H groups in total. The minimum Gasteiger partial charge on any atom is -0.462 e. The zero-order valence-corrected chi connectivity index (χ0v) is 21.1. The topological polar surface area (TPSA) is 127 Å². The summed E-state index contributed by atoms with van der Waals surface area (Å²) < 4.78 is 11.4. The number of anilines is 1. The number of piperidine rings is 1. The molecule has 1 saturated heterocycles. The van der Waals surface area contributed by atoms with Crippen LogP contribution in [0.25, 0.3) is 0 Å². The molecule has 2 bridgehead atoms. The number of likely N-dealkylation sites (tertiary alicyclic amines) is 1. The van der Waals surface area contributed by atoms with Crippen LogP contribution in [0.5, 0.6) is 0 Å². The van der Waals surface area contributed by atoms with Gasteiger partial charge in [0.1, 0.15) is 17.5 Å². The van der Waals surface area contributed by atoms with Gasteiger partial charge in [0.15, 0.2) is 0 Å². The molecular weight excluding hydrogens is 472 g/mol. The second-order valence-electron chi connectivity index (χ2n) is 10.2. The number of carbonyl (C=O) groups excluding carboxylic acids is 2. The molecule has 5 atom stereocenters. The van der Waals surface area contributed by atoms with Crippen molar-refractivity contribution in [1.82, 2.24) is 15.2 Å². The molecule has 1 amide bonds. The molecule has 0 aromatic carbocycles. The number of esters is 1. The fourth-order valence-electron chi connectivity index (χ4n) is 5.86. The Morgan fingerprint density at radius 1 is 1.20 bits per heavy atom. The van der Waals surface area contributed by atoms with E-state index in [2.05, 4.69) is 15.2 Å². The average molecular weight is 509 g/mol. The molecular formula is C25H37ClN4O5. The van der Waals surface area contributed by atoms with Crippen molar-refractivity contribution in [3.63, 3.8) is 0 Å². The molecule has 1 aromatic heterocycles. The second kappa shape index (κ2) is 11.8. The average Bonchev–Trinajstić information content (AvgIpc) is 3.45. The van der Waals surface area contributed by atoms with Crippen LogP contribution in [-0.4, -0.2) is 66.8 Å². The van der Waals surface area contributed by atoms with Gasteiger partial charge in [-0.1, -0.05) is 18.0 Å². The van der Waals surface area contributed by atoms with Crippen LogP contribution in [0.15, 0.2) is 10.9 Å². The van der Waals surface area contributed by atoms with Gasteiger partial charge < -0.3 is 30.4 Å². The highest BCUT2D eigenvalue weighted by molar-refractivity contribution is 6.33. The molecule has 3 unspecified atom stereocenters. The number of aromatic nitrogens is 1. The van der Waals surface area contributed by atoms with Crippen LogP contribution in [0.2, 0.25) is 5.02 Å². The molecule has 194 valence electrons. The first-order chi connectivity index (χ1) is 16.8. The molecule has 0 spiro atoms. The van der Waals surface area contributed by atoms with Gasteiger partial charge in [-0.2, -0.15) is 0 Å². The first-order valence-electron chi connectivity index (χ1n) is 12.8. The van der Waals surface area contributed by atoms with Gasteiger partial charge in [-0.3, -0.25) is 14.4 Å². The number of nitrogen functional groups attached to an aromatic ring is 1. The van der Waals surface area contributed by atoms with Gasteiger partial charge in [-0.25, -0.2) is 0 Å². The summed E-state index contributed by atoms with van der Waals surface area (Å²) in [5.41, 5.74) is 4.94. The Balaban J connectivity index is 1.14. The van der Waals surface area contributed by atoms with E-state index in [-0.39, 0.29) is 40.6 Å². The molecule has 9 nitrogen and oxygen atoms in total. The number of nitrogens with one attached hydrogen (secondary N) is 2. The maximum atomic E-state index is 12.6. The summed E-state index contributed by atoms with van der Waals surface area (Å²) >= 11 is 5.95. The van der Waals surface area contributed by atoms with Crippen LogP contribution in [0.4, 0.5) is 5.82 Å². The van der Waals surface area contributed by atoms with Crippen molar-refractivity contribution < 1.29 is 19.1 Å². The van der Waals surface area contributed by atoms with Crippen LogP contribution in [0.1, 0.15) is 68.1 Å². The van der Waals surface area contributed by atoms with E-state index in [1.165, 1.54) is 25.3 Å². The SMILES string of the molecule is CO[C@H]1CN(CCCCCC(=O)OC2CC3CCC2C3)CC[C@H]1NC(=O)c1cc(Cl)c(N)[nH]c1=O. The van der Waals surface area contributed by atoms with Gasteiger partial charge in [-0.05, 0) is 69.4 Å². The molecule has 1 aliphatic heterocycles. The number of methoxy groups -OCH3 is 1. The third-order valence-electron chi connectivity index (χ3n) is 7.84. The monoisotopic (exact) mass is 508 g/mol. The molecule has 2 heterocycles. The van der Waals surface area contributed by atoms with Crippen molar-refractivity contribution in [2.75, 3.05) is 32.5 Å². The Morgan fingerprint density at radius 2 is 2.03 bits per heavy atom. The van der Waals surface area contributed by atoms with Gasteiger partial charge in [0.2, 0.25) is 0 Å². The van der Waals surface area contributed by atoms with Crippen molar-refractivity contribution in [3.05, 3.63) is 27.0 Å². The van der Waals surface area contributed by atoms with Crippen molar-refractivity contribution in [2.24, 2.45) is 11.8 Å². The highest BCUT2D eigenvalue weighted by atomic mass is 35.5.